The molecule has 4 heteroatoms. The van der Waals surface area contributed by atoms with E-state index in [2.05, 4.69) is 31.1 Å². The fraction of sp³-hybridized carbons (Fsp3) is 0.667. The largest absolute Gasteiger partial charge is 0.387 e. The van der Waals surface area contributed by atoms with Crippen LogP contribution in [-0.2, 0) is 4.74 Å². The van der Waals surface area contributed by atoms with Crippen LogP contribution in [0.1, 0.15) is 45.3 Å². The van der Waals surface area contributed by atoms with Crippen molar-refractivity contribution in [1.82, 2.24) is 10.3 Å². The minimum Gasteiger partial charge on any atom is -0.387 e. The molecule has 4 nitrogen and oxygen atoms in total. The van der Waals surface area contributed by atoms with Gasteiger partial charge in [-0.3, -0.25) is 4.98 Å². The summed E-state index contributed by atoms with van der Waals surface area (Å²) in [5, 5.41) is 13.4. The fourth-order valence-corrected chi connectivity index (χ4v) is 2.31. The lowest BCUT2D eigenvalue weighted by molar-refractivity contribution is -0.103. The first kappa shape index (κ1) is 14.4. The van der Waals surface area contributed by atoms with E-state index in [-0.39, 0.29) is 5.60 Å². The van der Waals surface area contributed by atoms with Crippen molar-refractivity contribution in [2.45, 2.75) is 57.5 Å². The first-order valence-corrected chi connectivity index (χ1v) is 6.93. The molecular weight excluding hydrogens is 240 g/mol. The predicted molar refractivity (Wildman–Crippen MR) is 74.8 cm³/mol. The van der Waals surface area contributed by atoms with Crippen molar-refractivity contribution in [2.75, 3.05) is 6.54 Å². The van der Waals surface area contributed by atoms with E-state index in [0.717, 1.165) is 18.4 Å². The summed E-state index contributed by atoms with van der Waals surface area (Å²) in [7, 11) is 0. The third-order valence-corrected chi connectivity index (χ3v) is 3.31. The van der Waals surface area contributed by atoms with E-state index >= 15 is 0 Å². The Labute approximate surface area is 115 Å². The van der Waals surface area contributed by atoms with E-state index in [9.17, 15) is 5.11 Å². The Kier molecular flexibility index (Phi) is 4.55. The van der Waals surface area contributed by atoms with Gasteiger partial charge in [0, 0.05) is 25.0 Å². The third kappa shape index (κ3) is 4.56. The van der Waals surface area contributed by atoms with Gasteiger partial charge in [0.15, 0.2) is 0 Å². The molecule has 1 unspecified atom stereocenters. The summed E-state index contributed by atoms with van der Waals surface area (Å²) in [5.41, 5.74) is 0.843. The molecule has 2 N–H and O–H groups in total. The second-order valence-corrected chi connectivity index (χ2v) is 6.23. The lowest BCUT2D eigenvalue weighted by atomic mass is 9.88. The van der Waals surface area contributed by atoms with E-state index in [1.165, 1.54) is 0 Å². The zero-order valence-electron chi connectivity index (χ0n) is 12.0. The first-order chi connectivity index (χ1) is 8.94. The molecule has 2 rings (SSSR count). The average molecular weight is 264 g/mol. The molecule has 19 heavy (non-hydrogen) atoms. The molecule has 1 saturated carbocycles. The predicted octanol–water partition coefficient (Wildman–Crippen LogP) is 2.05. The Bertz CT molecular complexity index is 383. The minimum absolute atomic E-state index is 0.0633. The third-order valence-electron chi connectivity index (χ3n) is 3.31. The molecule has 0 aliphatic heterocycles. The highest BCUT2D eigenvalue weighted by atomic mass is 16.5. The molecule has 1 fully saturated rings. The van der Waals surface area contributed by atoms with Gasteiger partial charge in [-0.2, -0.15) is 0 Å². The van der Waals surface area contributed by atoms with E-state index in [1.807, 2.05) is 12.1 Å². The SMILES string of the molecule is CC(C)(C)OC1CC(NCC(O)c2ccncc2)C1. The monoisotopic (exact) mass is 264 g/mol. The minimum atomic E-state index is -0.467. The van der Waals surface area contributed by atoms with Gasteiger partial charge in [-0.15, -0.1) is 0 Å². The van der Waals surface area contributed by atoms with E-state index in [0.29, 0.717) is 18.7 Å². The van der Waals surface area contributed by atoms with Crippen LogP contribution in [-0.4, -0.2) is 34.4 Å². The summed E-state index contributed by atoms with van der Waals surface area (Å²) in [6, 6.07) is 4.15. The maximum Gasteiger partial charge on any atom is 0.0915 e. The fourth-order valence-electron chi connectivity index (χ4n) is 2.31. The smallest absolute Gasteiger partial charge is 0.0915 e. The summed E-state index contributed by atoms with van der Waals surface area (Å²) >= 11 is 0. The zero-order valence-corrected chi connectivity index (χ0v) is 12.0. The maximum atomic E-state index is 10.0. The molecule has 1 aromatic heterocycles. The Hall–Kier alpha value is -0.970. The highest BCUT2D eigenvalue weighted by Gasteiger charge is 2.32. The van der Waals surface area contributed by atoms with Gasteiger partial charge in [0.05, 0.1) is 17.8 Å². The summed E-state index contributed by atoms with van der Waals surface area (Å²) in [4.78, 5) is 3.95. The van der Waals surface area contributed by atoms with Gasteiger partial charge in [0.2, 0.25) is 0 Å². The molecule has 106 valence electrons. The first-order valence-electron chi connectivity index (χ1n) is 6.93. The number of nitrogens with zero attached hydrogens (tertiary/aromatic N) is 1. The molecule has 1 atom stereocenters. The normalized spacial score (nSPS) is 24.8. The van der Waals surface area contributed by atoms with E-state index in [4.69, 9.17) is 4.74 Å². The van der Waals surface area contributed by atoms with Crippen LogP contribution in [0.25, 0.3) is 0 Å². The highest BCUT2D eigenvalue weighted by molar-refractivity contribution is 5.13. The molecule has 0 saturated heterocycles. The van der Waals surface area contributed by atoms with Gasteiger partial charge in [0.25, 0.3) is 0 Å². The maximum absolute atomic E-state index is 10.0. The molecule has 0 spiro atoms. The molecular formula is C15H24N2O2. The van der Waals surface area contributed by atoms with Crippen LogP contribution in [0.15, 0.2) is 24.5 Å². The van der Waals surface area contributed by atoms with Crippen LogP contribution in [0.3, 0.4) is 0 Å². The van der Waals surface area contributed by atoms with Crippen molar-refractivity contribution in [3.63, 3.8) is 0 Å². The molecule has 1 aliphatic rings. The van der Waals surface area contributed by atoms with Crippen molar-refractivity contribution >= 4 is 0 Å². The van der Waals surface area contributed by atoms with Crippen molar-refractivity contribution in [1.29, 1.82) is 0 Å². The Morgan fingerprint density at radius 1 is 1.37 bits per heavy atom. The lowest BCUT2D eigenvalue weighted by Gasteiger charge is -2.40. The Morgan fingerprint density at radius 2 is 2.00 bits per heavy atom. The quantitative estimate of drug-likeness (QED) is 0.854. The topological polar surface area (TPSA) is 54.4 Å². The number of aromatic nitrogens is 1. The van der Waals surface area contributed by atoms with Crippen LogP contribution < -0.4 is 5.32 Å². The van der Waals surface area contributed by atoms with Crippen molar-refractivity contribution < 1.29 is 9.84 Å². The van der Waals surface area contributed by atoms with Gasteiger partial charge in [-0.1, -0.05) is 0 Å². The van der Waals surface area contributed by atoms with Crippen molar-refractivity contribution in [3.05, 3.63) is 30.1 Å². The highest BCUT2D eigenvalue weighted by Crippen LogP contribution is 2.28. The summed E-state index contributed by atoms with van der Waals surface area (Å²) in [6.45, 7) is 6.83. The van der Waals surface area contributed by atoms with Gasteiger partial charge in [-0.05, 0) is 51.3 Å². The van der Waals surface area contributed by atoms with Crippen LogP contribution in [0, 0.1) is 0 Å². The lowest BCUT2D eigenvalue weighted by Crippen LogP contribution is -2.48. The number of hydrogen-bond donors (Lipinski definition) is 2. The van der Waals surface area contributed by atoms with E-state index in [1.54, 1.807) is 12.4 Å². The Balaban J connectivity index is 1.66. The summed E-state index contributed by atoms with van der Waals surface area (Å²) in [6.07, 6.45) is 5.35. The molecule has 0 bridgehead atoms. The second-order valence-electron chi connectivity index (χ2n) is 6.23. The summed E-state index contributed by atoms with van der Waals surface area (Å²) < 4.78 is 5.88. The molecule has 1 heterocycles. The standard InChI is InChI=1S/C15H24N2O2/c1-15(2,3)19-13-8-12(9-13)17-10-14(18)11-4-6-16-7-5-11/h4-7,12-14,17-18H,8-10H2,1-3H3. The molecule has 1 aliphatic carbocycles. The number of hydrogen-bond acceptors (Lipinski definition) is 4. The van der Waals surface area contributed by atoms with E-state index < -0.39 is 6.10 Å². The number of ether oxygens (including phenoxy) is 1. The average Bonchev–Trinajstić information content (AvgIpc) is 2.31. The number of aliphatic hydroxyl groups excluding tert-OH is 1. The van der Waals surface area contributed by atoms with Crippen LogP contribution in [0.5, 0.6) is 0 Å². The molecule has 1 aromatic rings. The number of rotatable bonds is 5. The van der Waals surface area contributed by atoms with Gasteiger partial charge >= 0.3 is 0 Å². The molecule has 0 radical (unpaired) electrons. The zero-order chi connectivity index (χ0) is 13.9. The van der Waals surface area contributed by atoms with Crippen molar-refractivity contribution in [3.8, 4) is 0 Å². The van der Waals surface area contributed by atoms with Crippen molar-refractivity contribution in [2.24, 2.45) is 0 Å². The molecule has 0 amide bonds. The van der Waals surface area contributed by atoms with Crippen LogP contribution >= 0.6 is 0 Å². The number of pyridine rings is 1. The van der Waals surface area contributed by atoms with Gasteiger partial charge in [0.1, 0.15) is 0 Å². The number of nitrogens with one attached hydrogen (secondary N) is 1. The van der Waals surface area contributed by atoms with Gasteiger partial charge in [-0.25, -0.2) is 0 Å². The van der Waals surface area contributed by atoms with Crippen LogP contribution in [0.4, 0.5) is 0 Å². The Morgan fingerprint density at radius 3 is 2.58 bits per heavy atom. The van der Waals surface area contributed by atoms with Gasteiger partial charge < -0.3 is 15.2 Å². The van der Waals surface area contributed by atoms with Crippen LogP contribution in [0.2, 0.25) is 0 Å². The summed E-state index contributed by atoms with van der Waals surface area (Å²) in [5.74, 6) is 0. The molecule has 0 aromatic carbocycles. The number of aliphatic hydroxyl groups is 1. The second kappa shape index (κ2) is 5.99.